The third-order valence-corrected chi connectivity index (χ3v) is 4.99. The van der Waals surface area contributed by atoms with Crippen molar-refractivity contribution in [2.75, 3.05) is 17.6 Å². The average molecular weight is 284 g/mol. The third kappa shape index (κ3) is 2.57. The number of nitrogens with two attached hydrogens (primary N) is 1. The fraction of sp³-hybridized carbons (Fsp3) is 0.0909. The first-order valence-corrected chi connectivity index (χ1v) is 7.39. The molecule has 7 heteroatoms. The highest BCUT2D eigenvalue weighted by Gasteiger charge is 2.17. The summed E-state index contributed by atoms with van der Waals surface area (Å²) < 4.78 is 31.9. The molecule has 5 nitrogen and oxygen atoms in total. The Labute approximate surface area is 109 Å². The van der Waals surface area contributed by atoms with Crippen molar-refractivity contribution >= 4 is 32.7 Å². The van der Waals surface area contributed by atoms with Crippen molar-refractivity contribution in [3.8, 4) is 5.75 Å². The van der Waals surface area contributed by atoms with Crippen LogP contribution in [0, 0.1) is 0 Å². The second-order valence-corrected chi connectivity index (χ2v) is 6.35. The molecule has 2 aromatic rings. The lowest BCUT2D eigenvalue weighted by molar-refractivity contribution is 0.417. The van der Waals surface area contributed by atoms with Gasteiger partial charge in [-0.1, -0.05) is 6.07 Å². The molecule has 0 spiro atoms. The third-order valence-electron chi connectivity index (χ3n) is 2.23. The molecule has 96 valence electrons. The summed E-state index contributed by atoms with van der Waals surface area (Å²) >= 11 is 1.14. The van der Waals surface area contributed by atoms with Crippen LogP contribution < -0.4 is 15.2 Å². The summed E-state index contributed by atoms with van der Waals surface area (Å²) in [5, 5.41) is 1.70. The van der Waals surface area contributed by atoms with E-state index in [2.05, 4.69) is 4.72 Å². The first-order valence-electron chi connectivity index (χ1n) is 5.03. The Morgan fingerprint density at radius 1 is 1.33 bits per heavy atom. The Bertz CT molecular complexity index is 636. The normalized spacial score (nSPS) is 11.2. The highest BCUT2D eigenvalue weighted by atomic mass is 32.2. The molecule has 0 amide bonds. The maximum absolute atomic E-state index is 12.0. The molecule has 1 aromatic carbocycles. The van der Waals surface area contributed by atoms with Gasteiger partial charge in [-0.05, 0) is 29.6 Å². The van der Waals surface area contributed by atoms with Crippen molar-refractivity contribution < 1.29 is 13.2 Å². The predicted molar refractivity (Wildman–Crippen MR) is 72.5 cm³/mol. The molecule has 0 aliphatic heterocycles. The Kier molecular flexibility index (Phi) is 3.44. The van der Waals surface area contributed by atoms with E-state index in [1.54, 1.807) is 23.6 Å². The van der Waals surface area contributed by atoms with Crippen LogP contribution in [0.15, 0.2) is 39.9 Å². The molecule has 0 unspecified atom stereocenters. The van der Waals surface area contributed by atoms with Gasteiger partial charge in [-0.3, -0.25) is 4.72 Å². The average Bonchev–Trinajstić information content (AvgIpc) is 2.83. The van der Waals surface area contributed by atoms with Gasteiger partial charge in [-0.15, -0.1) is 11.3 Å². The van der Waals surface area contributed by atoms with Crippen LogP contribution in [0.5, 0.6) is 5.75 Å². The summed E-state index contributed by atoms with van der Waals surface area (Å²) in [7, 11) is -2.12. The number of benzene rings is 1. The van der Waals surface area contributed by atoms with E-state index in [1.807, 2.05) is 0 Å². The van der Waals surface area contributed by atoms with E-state index in [9.17, 15) is 8.42 Å². The van der Waals surface area contributed by atoms with Crippen LogP contribution in [-0.2, 0) is 10.0 Å². The molecule has 0 aliphatic rings. The van der Waals surface area contributed by atoms with Gasteiger partial charge in [-0.25, -0.2) is 8.42 Å². The Morgan fingerprint density at radius 2 is 2.11 bits per heavy atom. The lowest BCUT2D eigenvalue weighted by Crippen LogP contribution is -2.12. The van der Waals surface area contributed by atoms with Gasteiger partial charge >= 0.3 is 0 Å². The Hall–Kier alpha value is -1.73. The van der Waals surface area contributed by atoms with Crippen molar-refractivity contribution in [2.45, 2.75) is 4.21 Å². The quantitative estimate of drug-likeness (QED) is 0.843. The van der Waals surface area contributed by atoms with Crippen LogP contribution in [0.1, 0.15) is 0 Å². The summed E-state index contributed by atoms with van der Waals surface area (Å²) in [6.07, 6.45) is 0. The van der Waals surface area contributed by atoms with Gasteiger partial charge in [0.25, 0.3) is 10.0 Å². The molecule has 0 saturated carbocycles. The van der Waals surface area contributed by atoms with Crippen LogP contribution >= 0.6 is 11.3 Å². The second kappa shape index (κ2) is 4.87. The molecule has 0 saturated heterocycles. The smallest absolute Gasteiger partial charge is 0.271 e. The van der Waals surface area contributed by atoms with Gasteiger partial charge in [-0.2, -0.15) is 0 Å². The van der Waals surface area contributed by atoms with Crippen molar-refractivity contribution in [3.05, 3.63) is 35.7 Å². The van der Waals surface area contributed by atoms with Gasteiger partial charge in [0.05, 0.1) is 12.8 Å². The van der Waals surface area contributed by atoms with Crippen LogP contribution in [0.4, 0.5) is 11.4 Å². The van der Waals surface area contributed by atoms with Gasteiger partial charge < -0.3 is 10.5 Å². The fourth-order valence-electron chi connectivity index (χ4n) is 1.42. The van der Waals surface area contributed by atoms with E-state index in [4.69, 9.17) is 10.5 Å². The van der Waals surface area contributed by atoms with Gasteiger partial charge in [0.15, 0.2) is 0 Å². The highest BCUT2D eigenvalue weighted by Crippen LogP contribution is 2.29. The minimum Gasteiger partial charge on any atom is -0.495 e. The maximum atomic E-state index is 12.0. The summed E-state index contributed by atoms with van der Waals surface area (Å²) in [5.41, 5.74) is 6.41. The molecule has 18 heavy (non-hydrogen) atoms. The topological polar surface area (TPSA) is 81.4 Å². The number of hydrogen-bond acceptors (Lipinski definition) is 5. The fourth-order valence-corrected chi connectivity index (χ4v) is 3.47. The first kappa shape index (κ1) is 12.7. The molecular formula is C11H12N2O3S2. The van der Waals surface area contributed by atoms with Gasteiger partial charge in [0, 0.05) is 5.69 Å². The number of methoxy groups -OCH3 is 1. The molecule has 3 N–H and O–H groups in total. The number of nitrogens with one attached hydrogen (secondary N) is 1. The summed E-state index contributed by atoms with van der Waals surface area (Å²) in [5.74, 6) is 0.421. The minimum absolute atomic E-state index is 0.243. The van der Waals surface area contributed by atoms with Gasteiger partial charge in [0.2, 0.25) is 0 Å². The summed E-state index contributed by atoms with van der Waals surface area (Å²) in [6, 6.07) is 7.98. The molecule has 0 bridgehead atoms. The molecule has 0 fully saturated rings. The maximum Gasteiger partial charge on any atom is 0.271 e. The largest absolute Gasteiger partial charge is 0.495 e. The van der Waals surface area contributed by atoms with E-state index in [-0.39, 0.29) is 4.21 Å². The Balaban J connectivity index is 2.37. The molecule has 1 aromatic heterocycles. The molecular weight excluding hydrogens is 272 g/mol. The monoisotopic (exact) mass is 284 g/mol. The van der Waals surface area contributed by atoms with Crippen LogP contribution in [0.25, 0.3) is 0 Å². The molecule has 0 radical (unpaired) electrons. The van der Waals surface area contributed by atoms with Crippen LogP contribution in [0.2, 0.25) is 0 Å². The van der Waals surface area contributed by atoms with E-state index < -0.39 is 10.0 Å². The van der Waals surface area contributed by atoms with Crippen molar-refractivity contribution in [1.29, 1.82) is 0 Å². The predicted octanol–water partition coefficient (Wildman–Crippen LogP) is 2.14. The molecule has 0 atom stereocenters. The summed E-state index contributed by atoms with van der Waals surface area (Å²) in [6.45, 7) is 0. The minimum atomic E-state index is -3.59. The second-order valence-electron chi connectivity index (χ2n) is 3.50. The number of anilines is 2. The molecule has 1 heterocycles. The number of ether oxygens (including phenoxy) is 1. The zero-order valence-corrected chi connectivity index (χ0v) is 11.2. The Morgan fingerprint density at radius 3 is 2.72 bits per heavy atom. The van der Waals surface area contributed by atoms with Crippen LogP contribution in [-0.4, -0.2) is 15.5 Å². The van der Waals surface area contributed by atoms with E-state index in [1.165, 1.54) is 19.2 Å². The molecule has 0 aliphatic carbocycles. The van der Waals surface area contributed by atoms with E-state index in [0.717, 1.165) is 11.3 Å². The SMILES string of the molecule is COc1ccc(N)cc1NS(=O)(=O)c1cccs1. The first-order chi connectivity index (χ1) is 8.53. The summed E-state index contributed by atoms with van der Waals surface area (Å²) in [4.78, 5) is 0. The number of rotatable bonds is 4. The van der Waals surface area contributed by atoms with E-state index >= 15 is 0 Å². The molecule has 2 rings (SSSR count). The zero-order valence-electron chi connectivity index (χ0n) is 9.58. The number of sulfonamides is 1. The number of nitrogen functional groups attached to an aromatic ring is 1. The number of thiophene rings is 1. The van der Waals surface area contributed by atoms with Crippen LogP contribution in [0.3, 0.4) is 0 Å². The van der Waals surface area contributed by atoms with Gasteiger partial charge in [0.1, 0.15) is 9.96 Å². The standard InChI is InChI=1S/C11H12N2O3S2/c1-16-10-5-4-8(12)7-9(10)13-18(14,15)11-3-2-6-17-11/h2-7,13H,12H2,1H3. The highest BCUT2D eigenvalue weighted by molar-refractivity contribution is 7.94. The van der Waals surface area contributed by atoms with E-state index in [0.29, 0.717) is 17.1 Å². The zero-order chi connectivity index (χ0) is 13.2. The van der Waals surface area contributed by atoms with Crippen molar-refractivity contribution in [1.82, 2.24) is 0 Å². The van der Waals surface area contributed by atoms with Crippen molar-refractivity contribution in [2.24, 2.45) is 0 Å². The van der Waals surface area contributed by atoms with Crippen molar-refractivity contribution in [3.63, 3.8) is 0 Å². The lowest BCUT2D eigenvalue weighted by atomic mass is 10.2. The lowest BCUT2D eigenvalue weighted by Gasteiger charge is -2.11. The number of hydrogen-bond donors (Lipinski definition) is 2.